The van der Waals surface area contributed by atoms with Gasteiger partial charge in [-0.1, -0.05) is 6.92 Å². The summed E-state index contributed by atoms with van der Waals surface area (Å²) in [7, 11) is 1.48. The summed E-state index contributed by atoms with van der Waals surface area (Å²) in [5, 5.41) is 5.53. The molecular weight excluding hydrogens is 372 g/mol. The molecule has 0 saturated heterocycles. The van der Waals surface area contributed by atoms with Crippen molar-refractivity contribution in [1.82, 2.24) is 0 Å². The second-order valence-electron chi connectivity index (χ2n) is 6.17. The van der Waals surface area contributed by atoms with Crippen molar-refractivity contribution in [2.75, 3.05) is 24.4 Å². The number of nitrogens with one attached hydrogen (secondary N) is 2. The van der Waals surface area contributed by atoms with E-state index in [1.165, 1.54) is 13.4 Å². The van der Waals surface area contributed by atoms with Crippen molar-refractivity contribution in [3.05, 3.63) is 72.2 Å². The van der Waals surface area contributed by atoms with E-state index in [2.05, 4.69) is 10.6 Å². The number of hydrogen-bond acceptors (Lipinski definition) is 5. The predicted molar refractivity (Wildman–Crippen MR) is 110 cm³/mol. The topological polar surface area (TPSA) is 89.8 Å². The number of carbonyl (C=O) groups is 2. The molecule has 29 heavy (non-hydrogen) atoms. The Morgan fingerprint density at radius 3 is 2.45 bits per heavy atom. The molecule has 2 N–H and O–H groups in total. The van der Waals surface area contributed by atoms with Crippen LogP contribution in [0.2, 0.25) is 0 Å². The molecular formula is C22H22N2O5. The van der Waals surface area contributed by atoms with Gasteiger partial charge in [0.25, 0.3) is 11.8 Å². The first-order chi connectivity index (χ1) is 14.1. The van der Waals surface area contributed by atoms with Crippen molar-refractivity contribution >= 4 is 23.2 Å². The van der Waals surface area contributed by atoms with E-state index in [1.807, 2.05) is 6.92 Å². The Bertz CT molecular complexity index is 965. The number of amides is 2. The second kappa shape index (κ2) is 9.45. The lowest BCUT2D eigenvalue weighted by molar-refractivity contribution is 0.0994. The van der Waals surface area contributed by atoms with Crippen molar-refractivity contribution in [2.45, 2.75) is 13.3 Å². The van der Waals surface area contributed by atoms with Gasteiger partial charge in [0.1, 0.15) is 11.5 Å². The Kier molecular flexibility index (Phi) is 6.52. The second-order valence-corrected chi connectivity index (χ2v) is 6.17. The van der Waals surface area contributed by atoms with Crippen LogP contribution in [0, 0.1) is 0 Å². The molecule has 3 aromatic rings. The molecule has 1 aromatic heterocycles. The summed E-state index contributed by atoms with van der Waals surface area (Å²) in [6.07, 6.45) is 2.34. The van der Waals surface area contributed by atoms with E-state index in [0.717, 1.165) is 12.2 Å². The number of anilines is 2. The normalized spacial score (nSPS) is 10.3. The number of carbonyl (C=O) groups excluding carboxylic acids is 2. The molecule has 2 amide bonds. The molecule has 7 heteroatoms. The Balaban J connectivity index is 1.67. The summed E-state index contributed by atoms with van der Waals surface area (Å²) in [6, 6.07) is 15.1. The third kappa shape index (κ3) is 5.16. The molecule has 150 valence electrons. The van der Waals surface area contributed by atoms with Gasteiger partial charge in [-0.05, 0) is 55.0 Å². The van der Waals surface area contributed by atoms with Crippen LogP contribution in [-0.4, -0.2) is 25.5 Å². The Hall–Kier alpha value is -3.74. The lowest BCUT2D eigenvalue weighted by atomic mass is 10.2. The molecule has 0 bridgehead atoms. The van der Waals surface area contributed by atoms with E-state index < -0.39 is 5.91 Å². The van der Waals surface area contributed by atoms with E-state index in [1.54, 1.807) is 54.6 Å². The van der Waals surface area contributed by atoms with E-state index in [9.17, 15) is 9.59 Å². The maximum atomic E-state index is 12.5. The van der Waals surface area contributed by atoms with E-state index in [-0.39, 0.29) is 11.7 Å². The van der Waals surface area contributed by atoms with Gasteiger partial charge in [0.2, 0.25) is 0 Å². The van der Waals surface area contributed by atoms with Crippen LogP contribution in [0.15, 0.2) is 65.3 Å². The van der Waals surface area contributed by atoms with Crippen LogP contribution in [0.1, 0.15) is 34.3 Å². The first kappa shape index (κ1) is 20.0. The van der Waals surface area contributed by atoms with E-state index in [0.29, 0.717) is 29.3 Å². The number of benzene rings is 2. The minimum Gasteiger partial charge on any atom is -0.494 e. The fraction of sp³-hybridized carbons (Fsp3) is 0.182. The lowest BCUT2D eigenvalue weighted by Crippen LogP contribution is -2.13. The zero-order valence-corrected chi connectivity index (χ0v) is 16.2. The first-order valence-corrected chi connectivity index (χ1v) is 9.18. The Labute approximate surface area is 168 Å². The molecule has 2 aromatic carbocycles. The van der Waals surface area contributed by atoms with Crippen molar-refractivity contribution in [2.24, 2.45) is 0 Å². The molecule has 0 aliphatic carbocycles. The zero-order chi connectivity index (χ0) is 20.6. The standard InChI is InChI=1S/C22H22N2O5/c1-3-12-28-17-9-6-15(7-10-17)21(25)23-16-8-11-18(20(14-16)27-2)24-22(26)19-5-4-13-29-19/h4-11,13-14H,3,12H2,1-2H3,(H,23,25)(H,24,26). The summed E-state index contributed by atoms with van der Waals surface area (Å²) in [5.74, 6) is 0.667. The number of hydrogen-bond donors (Lipinski definition) is 2. The van der Waals surface area contributed by atoms with Crippen molar-refractivity contribution in [1.29, 1.82) is 0 Å². The number of ether oxygens (including phenoxy) is 2. The summed E-state index contributed by atoms with van der Waals surface area (Å²) < 4.78 is 15.9. The third-order valence-corrected chi connectivity index (χ3v) is 4.04. The number of methoxy groups -OCH3 is 1. The Morgan fingerprint density at radius 2 is 1.79 bits per heavy atom. The van der Waals surface area contributed by atoms with Gasteiger partial charge in [-0.3, -0.25) is 9.59 Å². The SMILES string of the molecule is CCCOc1ccc(C(=O)Nc2ccc(NC(=O)c3ccco3)c(OC)c2)cc1. The van der Waals surface area contributed by atoms with Crippen LogP contribution in [-0.2, 0) is 0 Å². The van der Waals surface area contributed by atoms with Gasteiger partial charge in [0, 0.05) is 17.3 Å². The molecule has 7 nitrogen and oxygen atoms in total. The minimum atomic E-state index is -0.393. The van der Waals surface area contributed by atoms with E-state index >= 15 is 0 Å². The highest BCUT2D eigenvalue weighted by molar-refractivity contribution is 6.05. The highest BCUT2D eigenvalue weighted by Gasteiger charge is 2.13. The van der Waals surface area contributed by atoms with Gasteiger partial charge in [-0.2, -0.15) is 0 Å². The highest BCUT2D eigenvalue weighted by Crippen LogP contribution is 2.29. The van der Waals surface area contributed by atoms with Crippen LogP contribution in [0.5, 0.6) is 11.5 Å². The van der Waals surface area contributed by atoms with Gasteiger partial charge in [0.15, 0.2) is 5.76 Å². The third-order valence-electron chi connectivity index (χ3n) is 4.04. The van der Waals surface area contributed by atoms with Crippen LogP contribution in [0.4, 0.5) is 11.4 Å². The predicted octanol–water partition coefficient (Wildman–Crippen LogP) is 4.58. The van der Waals surface area contributed by atoms with Crippen molar-refractivity contribution in [3.63, 3.8) is 0 Å². The summed E-state index contributed by atoms with van der Waals surface area (Å²) in [5.41, 5.74) is 1.50. The fourth-order valence-electron chi connectivity index (χ4n) is 2.59. The molecule has 3 rings (SSSR count). The quantitative estimate of drug-likeness (QED) is 0.584. The zero-order valence-electron chi connectivity index (χ0n) is 16.2. The minimum absolute atomic E-state index is 0.191. The van der Waals surface area contributed by atoms with Crippen molar-refractivity contribution < 1.29 is 23.5 Å². The number of furan rings is 1. The molecule has 0 spiro atoms. The molecule has 0 atom stereocenters. The average Bonchev–Trinajstić information content (AvgIpc) is 3.28. The molecule has 0 radical (unpaired) electrons. The van der Waals surface area contributed by atoms with Crippen LogP contribution >= 0.6 is 0 Å². The maximum Gasteiger partial charge on any atom is 0.291 e. The maximum absolute atomic E-state index is 12.5. The molecule has 0 saturated carbocycles. The van der Waals surface area contributed by atoms with Crippen molar-refractivity contribution in [3.8, 4) is 11.5 Å². The van der Waals surface area contributed by atoms with Gasteiger partial charge in [-0.25, -0.2) is 0 Å². The molecule has 0 aliphatic rings. The largest absolute Gasteiger partial charge is 0.494 e. The monoisotopic (exact) mass is 394 g/mol. The molecule has 0 unspecified atom stereocenters. The van der Waals surface area contributed by atoms with Gasteiger partial charge >= 0.3 is 0 Å². The van der Waals surface area contributed by atoms with Gasteiger partial charge in [0.05, 0.1) is 25.7 Å². The highest BCUT2D eigenvalue weighted by atomic mass is 16.5. The lowest BCUT2D eigenvalue weighted by Gasteiger charge is -2.12. The van der Waals surface area contributed by atoms with Gasteiger partial charge in [-0.15, -0.1) is 0 Å². The average molecular weight is 394 g/mol. The van der Waals surface area contributed by atoms with Crippen LogP contribution < -0.4 is 20.1 Å². The smallest absolute Gasteiger partial charge is 0.291 e. The summed E-state index contributed by atoms with van der Waals surface area (Å²) in [4.78, 5) is 24.6. The molecule has 1 heterocycles. The molecule has 0 aliphatic heterocycles. The fourth-order valence-corrected chi connectivity index (χ4v) is 2.59. The number of rotatable bonds is 8. The van der Waals surface area contributed by atoms with E-state index in [4.69, 9.17) is 13.9 Å². The molecule has 0 fully saturated rings. The summed E-state index contributed by atoms with van der Waals surface area (Å²) in [6.45, 7) is 2.66. The first-order valence-electron chi connectivity index (χ1n) is 9.18. The Morgan fingerprint density at radius 1 is 1.00 bits per heavy atom. The summed E-state index contributed by atoms with van der Waals surface area (Å²) >= 11 is 0. The van der Waals surface area contributed by atoms with Gasteiger partial charge < -0.3 is 24.5 Å². The van der Waals surface area contributed by atoms with Crippen LogP contribution in [0.25, 0.3) is 0 Å². The van der Waals surface area contributed by atoms with Crippen LogP contribution in [0.3, 0.4) is 0 Å².